The molecule has 10 heteroatoms. The molecule has 35 heavy (non-hydrogen) atoms. The van der Waals surface area contributed by atoms with E-state index in [0.29, 0.717) is 61.3 Å². The molecule has 0 spiro atoms. The number of carboxylic acid groups (broad SMARTS) is 1. The number of pyridine rings is 1. The fraction of sp³-hybridized carbons (Fsp3) is 0.600. The summed E-state index contributed by atoms with van der Waals surface area (Å²) in [5, 5.41) is 14.4. The van der Waals surface area contributed by atoms with E-state index in [1.165, 1.54) is 6.20 Å². The maximum atomic E-state index is 13.7. The third-order valence-corrected chi connectivity index (χ3v) is 7.60. The van der Waals surface area contributed by atoms with Crippen molar-refractivity contribution in [2.45, 2.75) is 72.8 Å². The Bertz CT molecular complexity index is 1160. The third-order valence-electron chi connectivity index (χ3n) is 6.86. The third kappa shape index (κ3) is 6.09. The Kier molecular flexibility index (Phi) is 8.06. The summed E-state index contributed by atoms with van der Waals surface area (Å²) in [5.41, 5.74) is 0.519. The topological polar surface area (TPSA) is 108 Å². The van der Waals surface area contributed by atoms with Crippen molar-refractivity contribution in [1.29, 1.82) is 0 Å². The normalized spacial score (nSPS) is 20.6. The highest BCUT2D eigenvalue weighted by molar-refractivity contribution is 6.35. The Morgan fingerprint density at radius 1 is 1.29 bits per heavy atom. The van der Waals surface area contributed by atoms with Gasteiger partial charge in [-0.05, 0) is 56.9 Å². The summed E-state index contributed by atoms with van der Waals surface area (Å²) < 4.78 is 1.87. The van der Waals surface area contributed by atoms with Crippen molar-refractivity contribution in [3.8, 4) is 0 Å². The molecule has 3 rings (SSSR count). The fourth-order valence-electron chi connectivity index (χ4n) is 4.69. The van der Waals surface area contributed by atoms with Gasteiger partial charge in [-0.25, -0.2) is 0 Å². The highest BCUT2D eigenvalue weighted by Gasteiger charge is 2.39. The van der Waals surface area contributed by atoms with Gasteiger partial charge in [0.15, 0.2) is 0 Å². The van der Waals surface area contributed by atoms with Crippen LogP contribution in [-0.4, -0.2) is 49.7 Å². The first kappa shape index (κ1) is 27.3. The van der Waals surface area contributed by atoms with Gasteiger partial charge in [0.1, 0.15) is 5.02 Å². The lowest BCUT2D eigenvalue weighted by Crippen LogP contribution is -2.39. The molecule has 1 amide bonds. The Hall–Kier alpha value is -2.32. The molecule has 1 aliphatic rings. The summed E-state index contributed by atoms with van der Waals surface area (Å²) in [7, 11) is 0. The van der Waals surface area contributed by atoms with Crippen molar-refractivity contribution >= 4 is 35.1 Å². The summed E-state index contributed by atoms with van der Waals surface area (Å²) in [6.45, 7) is 10.7. The number of hydrogen-bond acceptors (Lipinski definition) is 4. The van der Waals surface area contributed by atoms with Gasteiger partial charge in [0.25, 0.3) is 11.5 Å². The molecular formula is C25H34Cl2N4O4. The van der Waals surface area contributed by atoms with Crippen LogP contribution in [0.4, 0.5) is 0 Å². The van der Waals surface area contributed by atoms with Crippen LogP contribution in [-0.2, 0) is 11.2 Å². The van der Waals surface area contributed by atoms with Crippen molar-refractivity contribution in [2.24, 2.45) is 10.8 Å². The number of nitrogens with zero attached hydrogens (tertiary/aromatic N) is 3. The van der Waals surface area contributed by atoms with Crippen molar-refractivity contribution in [1.82, 2.24) is 19.7 Å². The van der Waals surface area contributed by atoms with Gasteiger partial charge in [0.2, 0.25) is 0 Å². The zero-order valence-electron chi connectivity index (χ0n) is 21.0. The smallest absolute Gasteiger partial charge is 0.309 e. The molecule has 2 aromatic heterocycles. The monoisotopic (exact) mass is 524 g/mol. The van der Waals surface area contributed by atoms with Crippen molar-refractivity contribution in [2.75, 3.05) is 13.1 Å². The van der Waals surface area contributed by atoms with Crippen LogP contribution in [0.25, 0.3) is 0 Å². The Morgan fingerprint density at radius 3 is 2.49 bits per heavy atom. The van der Waals surface area contributed by atoms with Crippen molar-refractivity contribution < 1.29 is 14.7 Å². The molecule has 0 unspecified atom stereocenters. The molecule has 0 bridgehead atoms. The quantitative estimate of drug-likeness (QED) is 0.522. The van der Waals surface area contributed by atoms with Gasteiger partial charge in [0.05, 0.1) is 28.2 Å². The molecule has 2 aromatic rings. The maximum Gasteiger partial charge on any atom is 0.309 e. The number of rotatable bonds is 7. The van der Waals surface area contributed by atoms with E-state index in [1.807, 2.05) is 11.6 Å². The summed E-state index contributed by atoms with van der Waals surface area (Å²) in [6.07, 6.45) is 5.90. The number of aromatic nitrogens is 3. The maximum absolute atomic E-state index is 13.7. The number of aromatic amines is 1. The predicted molar refractivity (Wildman–Crippen MR) is 136 cm³/mol. The van der Waals surface area contributed by atoms with Gasteiger partial charge in [-0.15, -0.1) is 0 Å². The molecule has 0 radical (unpaired) electrons. The minimum Gasteiger partial charge on any atom is -0.481 e. The molecule has 0 aliphatic heterocycles. The molecule has 1 saturated carbocycles. The number of amides is 1. The number of hydrogen-bond donors (Lipinski definition) is 2. The first-order valence-electron chi connectivity index (χ1n) is 11.9. The number of carbonyl (C=O) groups excluding carboxylic acids is 1. The van der Waals surface area contributed by atoms with E-state index in [9.17, 15) is 19.5 Å². The van der Waals surface area contributed by atoms with Crippen LogP contribution in [0.3, 0.4) is 0 Å². The number of nitrogens with one attached hydrogen (secondary N) is 1. The van der Waals surface area contributed by atoms with E-state index >= 15 is 0 Å². The summed E-state index contributed by atoms with van der Waals surface area (Å²) in [4.78, 5) is 41.4. The largest absolute Gasteiger partial charge is 0.481 e. The van der Waals surface area contributed by atoms with Gasteiger partial charge < -0.3 is 15.0 Å². The molecule has 2 N–H and O–H groups in total. The second-order valence-corrected chi connectivity index (χ2v) is 11.8. The van der Waals surface area contributed by atoms with Crippen LogP contribution < -0.4 is 5.56 Å². The van der Waals surface area contributed by atoms with E-state index in [-0.39, 0.29) is 22.4 Å². The van der Waals surface area contributed by atoms with Gasteiger partial charge >= 0.3 is 5.97 Å². The van der Waals surface area contributed by atoms with Crippen LogP contribution in [0.5, 0.6) is 0 Å². The lowest BCUT2D eigenvalue weighted by atomic mass is 9.74. The van der Waals surface area contributed by atoms with E-state index in [0.717, 1.165) is 5.69 Å². The zero-order valence-corrected chi connectivity index (χ0v) is 22.5. The Morgan fingerprint density at radius 2 is 1.91 bits per heavy atom. The number of H-pyrrole nitrogens is 1. The van der Waals surface area contributed by atoms with Gasteiger partial charge in [0, 0.05) is 25.0 Å². The van der Waals surface area contributed by atoms with Crippen molar-refractivity contribution in [3.63, 3.8) is 0 Å². The minimum absolute atomic E-state index is 0.0373. The first-order valence-corrected chi connectivity index (χ1v) is 12.6. The number of carbonyl (C=O) groups is 2. The summed E-state index contributed by atoms with van der Waals surface area (Å²) in [5.74, 6) is -0.908. The molecule has 8 nitrogen and oxygen atoms in total. The highest BCUT2D eigenvalue weighted by atomic mass is 35.5. The highest BCUT2D eigenvalue weighted by Crippen LogP contribution is 2.41. The van der Waals surface area contributed by atoms with Gasteiger partial charge in [-0.3, -0.25) is 19.1 Å². The molecule has 192 valence electrons. The van der Waals surface area contributed by atoms with Gasteiger partial charge in [-0.2, -0.15) is 5.10 Å². The molecule has 1 fully saturated rings. The molecule has 0 aromatic carbocycles. The predicted octanol–water partition coefficient (Wildman–Crippen LogP) is 5.12. The summed E-state index contributed by atoms with van der Waals surface area (Å²) in [6, 6.07) is 0.0636. The average molecular weight is 525 g/mol. The van der Waals surface area contributed by atoms with E-state index in [2.05, 4.69) is 30.9 Å². The number of carboxylic acids is 1. The standard InChI is InChI=1S/C25H34Cl2N4O4/c1-15-18(12-29-31(15)16-6-9-25(5,10-7-16)23(34)35)22(33)30(14-24(2,3)4)11-8-17-19(26)13-28-21(32)20(17)27/h12-13,16H,6-11,14H2,1-5H3,(H,28,32)(H,34,35). The molecule has 2 heterocycles. The molecule has 1 aliphatic carbocycles. The zero-order chi connectivity index (χ0) is 26.1. The van der Waals surface area contributed by atoms with Crippen LogP contribution in [0.15, 0.2) is 17.2 Å². The van der Waals surface area contributed by atoms with Crippen LogP contribution in [0.2, 0.25) is 10.0 Å². The van der Waals surface area contributed by atoms with E-state index in [1.54, 1.807) is 18.0 Å². The van der Waals surface area contributed by atoms with Crippen LogP contribution in [0, 0.1) is 17.8 Å². The SMILES string of the molecule is Cc1c(C(=O)N(CCc2c(Cl)c[nH]c(=O)c2Cl)CC(C)(C)C)cnn1C1CCC(C)(C(=O)O)CC1. The molecule has 0 saturated heterocycles. The minimum atomic E-state index is -0.762. The fourth-order valence-corrected chi connectivity index (χ4v) is 5.23. The van der Waals surface area contributed by atoms with Gasteiger partial charge in [-0.1, -0.05) is 44.0 Å². The Balaban J connectivity index is 1.81. The van der Waals surface area contributed by atoms with E-state index in [4.69, 9.17) is 23.2 Å². The second kappa shape index (κ2) is 10.3. The van der Waals surface area contributed by atoms with Crippen LogP contribution >= 0.6 is 23.2 Å². The second-order valence-electron chi connectivity index (χ2n) is 11.0. The average Bonchev–Trinajstić information content (AvgIpc) is 3.16. The molecular weight excluding hydrogens is 491 g/mol. The van der Waals surface area contributed by atoms with Crippen LogP contribution in [0.1, 0.15) is 81.0 Å². The Labute approximate surface area is 215 Å². The molecule has 0 atom stereocenters. The number of aliphatic carboxylic acids is 1. The first-order chi connectivity index (χ1) is 16.2. The lowest BCUT2D eigenvalue weighted by molar-refractivity contribution is -0.150. The lowest BCUT2D eigenvalue weighted by Gasteiger charge is -2.34. The van der Waals surface area contributed by atoms with E-state index < -0.39 is 16.9 Å². The number of halogens is 2. The summed E-state index contributed by atoms with van der Waals surface area (Å²) >= 11 is 12.4. The van der Waals surface area contributed by atoms with Crippen molar-refractivity contribution in [3.05, 3.63) is 49.6 Å².